The van der Waals surface area contributed by atoms with Gasteiger partial charge >= 0.3 is 6.18 Å². The first-order valence-electron chi connectivity index (χ1n) is 9.09. The lowest BCUT2D eigenvalue weighted by Crippen LogP contribution is -2.29. The molecule has 2 N–H and O–H groups in total. The van der Waals surface area contributed by atoms with E-state index in [-0.39, 0.29) is 44.5 Å². The maximum atomic E-state index is 13.0. The lowest BCUT2D eigenvalue weighted by Gasteiger charge is -2.16. The summed E-state index contributed by atoms with van der Waals surface area (Å²) in [5, 5.41) is 5.40. The van der Waals surface area contributed by atoms with Gasteiger partial charge in [0.2, 0.25) is 12.7 Å². The van der Waals surface area contributed by atoms with Crippen LogP contribution in [-0.4, -0.2) is 39.6 Å². The van der Waals surface area contributed by atoms with Crippen molar-refractivity contribution < 1.29 is 36.9 Å². The summed E-state index contributed by atoms with van der Waals surface area (Å²) in [4.78, 5) is 12.2. The summed E-state index contributed by atoms with van der Waals surface area (Å²) in [6.45, 7) is 0.591. The Hall–Kier alpha value is -3.14. The predicted octanol–water partition coefficient (Wildman–Crippen LogP) is 3.19. The first-order valence-corrected chi connectivity index (χ1v) is 9.09. The monoisotopic (exact) mass is 426 g/mol. The minimum atomic E-state index is -4.51. The zero-order chi connectivity index (χ0) is 21.6. The third kappa shape index (κ3) is 5.69. The number of hydrogen-bond acceptors (Lipinski definition) is 6. The Bertz CT molecular complexity index is 889. The number of carbonyl (C=O) groups is 1. The average Bonchev–Trinajstić information content (AvgIpc) is 3.18. The Morgan fingerprint density at radius 1 is 1.10 bits per heavy atom. The van der Waals surface area contributed by atoms with Gasteiger partial charge < -0.3 is 29.6 Å². The van der Waals surface area contributed by atoms with Gasteiger partial charge in [-0.3, -0.25) is 4.79 Å². The van der Waals surface area contributed by atoms with E-state index in [1.54, 1.807) is 18.2 Å². The normalized spacial score (nSPS) is 12.5. The predicted molar refractivity (Wildman–Crippen MR) is 102 cm³/mol. The molecule has 30 heavy (non-hydrogen) atoms. The summed E-state index contributed by atoms with van der Waals surface area (Å²) in [6.07, 6.45) is -4.51. The fourth-order valence-electron chi connectivity index (χ4n) is 2.69. The van der Waals surface area contributed by atoms with Crippen LogP contribution >= 0.6 is 0 Å². The second-order valence-electron chi connectivity index (χ2n) is 6.37. The number of amides is 1. The molecule has 1 aliphatic rings. The van der Waals surface area contributed by atoms with E-state index in [4.69, 9.17) is 18.9 Å². The highest BCUT2D eigenvalue weighted by atomic mass is 19.4. The Morgan fingerprint density at radius 2 is 1.90 bits per heavy atom. The molecule has 2 aromatic rings. The number of rotatable bonds is 9. The molecule has 0 aromatic heterocycles. The zero-order valence-corrected chi connectivity index (χ0v) is 16.2. The minimum Gasteiger partial charge on any atom is -0.489 e. The van der Waals surface area contributed by atoms with Crippen LogP contribution in [0.4, 0.5) is 18.9 Å². The number of nitrogens with one attached hydrogen (secondary N) is 2. The number of benzene rings is 2. The highest BCUT2D eigenvalue weighted by Crippen LogP contribution is 2.35. The largest absolute Gasteiger partial charge is 0.489 e. The maximum absolute atomic E-state index is 13.0. The van der Waals surface area contributed by atoms with Crippen molar-refractivity contribution in [1.82, 2.24) is 5.32 Å². The van der Waals surface area contributed by atoms with Crippen molar-refractivity contribution in [3.63, 3.8) is 0 Å². The smallest absolute Gasteiger partial charge is 0.416 e. The summed E-state index contributed by atoms with van der Waals surface area (Å²) in [7, 11) is 1.49. The SMILES string of the molecule is COCCOc1ccc(C(F)(F)F)cc1NCC(=O)NCc1ccc2c(c1)OCO2. The third-order valence-electron chi connectivity index (χ3n) is 4.22. The Morgan fingerprint density at radius 3 is 2.67 bits per heavy atom. The van der Waals surface area contributed by atoms with E-state index in [0.29, 0.717) is 11.5 Å². The molecule has 0 fully saturated rings. The Balaban J connectivity index is 1.59. The van der Waals surface area contributed by atoms with Gasteiger partial charge in [-0.1, -0.05) is 6.07 Å². The number of anilines is 1. The molecule has 1 heterocycles. The van der Waals surface area contributed by atoms with Crippen LogP contribution < -0.4 is 24.8 Å². The van der Waals surface area contributed by atoms with Gasteiger partial charge in [0, 0.05) is 13.7 Å². The summed E-state index contributed by atoms with van der Waals surface area (Å²) >= 11 is 0. The Kier molecular flexibility index (Phi) is 6.88. The van der Waals surface area contributed by atoms with Gasteiger partial charge in [0.1, 0.15) is 12.4 Å². The van der Waals surface area contributed by atoms with E-state index >= 15 is 0 Å². The van der Waals surface area contributed by atoms with Crippen molar-refractivity contribution in [2.45, 2.75) is 12.7 Å². The van der Waals surface area contributed by atoms with Gasteiger partial charge in [0.15, 0.2) is 11.5 Å². The quantitative estimate of drug-likeness (QED) is 0.600. The van der Waals surface area contributed by atoms with Gasteiger partial charge in [-0.15, -0.1) is 0 Å². The van der Waals surface area contributed by atoms with Crippen molar-refractivity contribution in [3.05, 3.63) is 47.5 Å². The van der Waals surface area contributed by atoms with Crippen molar-refractivity contribution in [1.29, 1.82) is 0 Å². The molecule has 7 nitrogen and oxygen atoms in total. The van der Waals surface area contributed by atoms with Gasteiger partial charge in [-0.2, -0.15) is 13.2 Å². The number of methoxy groups -OCH3 is 1. The lowest BCUT2D eigenvalue weighted by molar-refractivity contribution is -0.137. The number of hydrogen-bond donors (Lipinski definition) is 2. The molecule has 0 radical (unpaired) electrons. The van der Waals surface area contributed by atoms with Gasteiger partial charge in [0.25, 0.3) is 0 Å². The molecular formula is C20H21F3N2O5. The Labute approximate surface area is 171 Å². The number of alkyl halides is 3. The van der Waals surface area contributed by atoms with Gasteiger partial charge in [-0.05, 0) is 35.9 Å². The minimum absolute atomic E-state index is 0.0687. The molecule has 0 spiro atoms. The van der Waals surface area contributed by atoms with Crippen molar-refractivity contribution >= 4 is 11.6 Å². The summed E-state index contributed by atoms with van der Waals surface area (Å²) in [5.41, 5.74) is 0.0271. The summed E-state index contributed by atoms with van der Waals surface area (Å²) < 4.78 is 59.9. The number of fused-ring (bicyclic) bond motifs is 1. The molecule has 0 unspecified atom stereocenters. The molecule has 0 saturated carbocycles. The topological polar surface area (TPSA) is 78.1 Å². The van der Waals surface area contributed by atoms with Crippen molar-refractivity contribution in [2.24, 2.45) is 0 Å². The second kappa shape index (κ2) is 9.57. The van der Waals surface area contributed by atoms with Crippen LogP contribution in [0.3, 0.4) is 0 Å². The second-order valence-corrected chi connectivity index (χ2v) is 6.37. The molecule has 3 rings (SSSR count). The van der Waals surface area contributed by atoms with Crippen LogP contribution in [0.15, 0.2) is 36.4 Å². The lowest BCUT2D eigenvalue weighted by atomic mass is 10.1. The molecule has 0 atom stereocenters. The third-order valence-corrected chi connectivity index (χ3v) is 4.22. The van der Waals surface area contributed by atoms with E-state index in [1.165, 1.54) is 13.2 Å². The summed E-state index contributed by atoms with van der Waals surface area (Å²) in [5.74, 6) is 1.04. The molecule has 0 bridgehead atoms. The molecule has 162 valence electrons. The molecule has 0 saturated heterocycles. The van der Waals surface area contributed by atoms with Crippen LogP contribution in [0.5, 0.6) is 17.2 Å². The fourth-order valence-corrected chi connectivity index (χ4v) is 2.69. The number of halogens is 3. The van der Waals surface area contributed by atoms with Gasteiger partial charge in [-0.25, -0.2) is 0 Å². The van der Waals surface area contributed by atoms with E-state index < -0.39 is 17.6 Å². The van der Waals surface area contributed by atoms with E-state index in [1.807, 2.05) is 0 Å². The molecular weight excluding hydrogens is 405 g/mol. The van der Waals surface area contributed by atoms with E-state index in [9.17, 15) is 18.0 Å². The van der Waals surface area contributed by atoms with Crippen LogP contribution in [0.25, 0.3) is 0 Å². The molecule has 1 amide bonds. The molecule has 0 aliphatic carbocycles. The number of carbonyl (C=O) groups excluding carboxylic acids is 1. The molecule has 1 aliphatic heterocycles. The van der Waals surface area contributed by atoms with Crippen LogP contribution in [0.2, 0.25) is 0 Å². The first kappa shape index (κ1) is 21.6. The first-order chi connectivity index (χ1) is 14.4. The highest BCUT2D eigenvalue weighted by Gasteiger charge is 2.31. The molecule has 10 heteroatoms. The average molecular weight is 426 g/mol. The van der Waals surface area contributed by atoms with Gasteiger partial charge in [0.05, 0.1) is 24.4 Å². The van der Waals surface area contributed by atoms with Crippen molar-refractivity contribution in [3.8, 4) is 17.2 Å². The molecule has 2 aromatic carbocycles. The van der Waals surface area contributed by atoms with E-state index in [2.05, 4.69) is 10.6 Å². The van der Waals surface area contributed by atoms with Crippen LogP contribution in [0, 0.1) is 0 Å². The highest BCUT2D eigenvalue weighted by molar-refractivity contribution is 5.81. The maximum Gasteiger partial charge on any atom is 0.416 e. The van der Waals surface area contributed by atoms with E-state index in [0.717, 1.165) is 17.7 Å². The zero-order valence-electron chi connectivity index (χ0n) is 16.2. The summed E-state index contributed by atoms with van der Waals surface area (Å²) in [6, 6.07) is 8.33. The number of ether oxygens (including phenoxy) is 4. The standard InChI is InChI=1S/C20H21F3N2O5/c1-27-6-7-28-16-5-3-14(20(21,22)23)9-15(16)24-11-19(26)25-10-13-2-4-17-18(8-13)30-12-29-17/h2-5,8-9,24H,6-7,10-12H2,1H3,(H,25,26). The van der Waals surface area contributed by atoms with Crippen LogP contribution in [-0.2, 0) is 22.3 Å². The fraction of sp³-hybridized carbons (Fsp3) is 0.350. The van der Waals surface area contributed by atoms with Crippen LogP contribution in [0.1, 0.15) is 11.1 Å². The van der Waals surface area contributed by atoms with Crippen molar-refractivity contribution in [2.75, 3.05) is 39.0 Å².